The van der Waals surface area contributed by atoms with Crippen molar-refractivity contribution in [2.24, 2.45) is 0 Å². The molecule has 24 heavy (non-hydrogen) atoms. The van der Waals surface area contributed by atoms with E-state index in [1.165, 1.54) is 0 Å². The lowest BCUT2D eigenvalue weighted by atomic mass is 10.1. The Morgan fingerprint density at radius 3 is 2.83 bits per heavy atom. The molecule has 4 rings (SSSR count). The van der Waals surface area contributed by atoms with Gasteiger partial charge in [0.25, 0.3) is 0 Å². The summed E-state index contributed by atoms with van der Waals surface area (Å²) in [6.45, 7) is 4.70. The van der Waals surface area contributed by atoms with Crippen LogP contribution in [-0.2, 0) is 4.74 Å². The second-order valence-electron chi connectivity index (χ2n) is 6.02. The second-order valence-corrected chi connectivity index (χ2v) is 6.02. The Balaban J connectivity index is 1.68. The van der Waals surface area contributed by atoms with Gasteiger partial charge in [0, 0.05) is 25.3 Å². The highest BCUT2D eigenvalue weighted by molar-refractivity contribution is 5.59. The summed E-state index contributed by atoms with van der Waals surface area (Å²) in [6, 6.07) is 14.0. The number of benzene rings is 1. The summed E-state index contributed by atoms with van der Waals surface area (Å²) < 4.78 is 7.63. The van der Waals surface area contributed by atoms with Crippen molar-refractivity contribution in [3.8, 4) is 11.4 Å². The number of hydrogen-bond acceptors (Lipinski definition) is 5. The van der Waals surface area contributed by atoms with E-state index in [2.05, 4.69) is 15.1 Å². The molecule has 0 amide bonds. The fourth-order valence-electron chi connectivity index (χ4n) is 3.23. The van der Waals surface area contributed by atoms with Crippen LogP contribution in [0.15, 0.2) is 42.5 Å². The van der Waals surface area contributed by atoms with Crippen LogP contribution in [0.2, 0.25) is 0 Å². The predicted octanol–water partition coefficient (Wildman–Crippen LogP) is 2.80. The average molecular weight is 323 g/mol. The molecule has 3 aromatic rings. The van der Waals surface area contributed by atoms with E-state index < -0.39 is 0 Å². The maximum absolute atomic E-state index is 5.80. The van der Waals surface area contributed by atoms with E-state index in [4.69, 9.17) is 9.84 Å². The van der Waals surface area contributed by atoms with Crippen molar-refractivity contribution in [1.29, 1.82) is 0 Å². The van der Waals surface area contributed by atoms with Crippen molar-refractivity contribution in [3.05, 3.63) is 42.5 Å². The Kier molecular flexibility index (Phi) is 4.13. The third-order valence-corrected chi connectivity index (χ3v) is 4.39. The van der Waals surface area contributed by atoms with Gasteiger partial charge in [-0.05, 0) is 31.9 Å². The van der Waals surface area contributed by atoms with Gasteiger partial charge in [-0.3, -0.25) is 0 Å². The lowest BCUT2D eigenvalue weighted by Crippen LogP contribution is -2.40. The van der Waals surface area contributed by atoms with Crippen LogP contribution >= 0.6 is 0 Å². The van der Waals surface area contributed by atoms with Crippen molar-refractivity contribution in [2.75, 3.05) is 24.6 Å². The van der Waals surface area contributed by atoms with Gasteiger partial charge in [-0.25, -0.2) is 0 Å². The number of nitrogens with zero attached hydrogens (tertiary/aromatic N) is 5. The predicted molar refractivity (Wildman–Crippen MR) is 93.1 cm³/mol. The van der Waals surface area contributed by atoms with Gasteiger partial charge < -0.3 is 9.64 Å². The van der Waals surface area contributed by atoms with E-state index in [0.29, 0.717) is 0 Å². The molecule has 0 bridgehead atoms. The van der Waals surface area contributed by atoms with Gasteiger partial charge in [0.2, 0.25) is 0 Å². The molecule has 0 spiro atoms. The molecule has 1 unspecified atom stereocenters. The van der Waals surface area contributed by atoms with E-state index in [1.54, 1.807) is 0 Å². The monoisotopic (exact) mass is 323 g/mol. The molecule has 0 aliphatic carbocycles. The number of fused-ring (bicyclic) bond motifs is 1. The minimum Gasteiger partial charge on any atom is -0.377 e. The van der Waals surface area contributed by atoms with E-state index in [0.717, 1.165) is 55.4 Å². The Hall–Kier alpha value is -2.47. The van der Waals surface area contributed by atoms with Crippen molar-refractivity contribution in [2.45, 2.75) is 25.9 Å². The largest absolute Gasteiger partial charge is 0.377 e. The van der Waals surface area contributed by atoms with Crippen molar-refractivity contribution < 1.29 is 4.74 Å². The molecule has 6 nitrogen and oxygen atoms in total. The number of rotatable bonds is 4. The molecule has 6 heteroatoms. The SMILES string of the molecule is CCOC1CCCN(c2ccc3nnc(-c4ccccc4)n3n2)C1. The molecule has 1 atom stereocenters. The number of ether oxygens (including phenoxy) is 1. The fraction of sp³-hybridized carbons (Fsp3) is 0.389. The molecule has 1 aliphatic rings. The number of anilines is 1. The zero-order valence-electron chi connectivity index (χ0n) is 13.8. The van der Waals surface area contributed by atoms with E-state index in [9.17, 15) is 0 Å². The van der Waals surface area contributed by atoms with Gasteiger partial charge in [0.15, 0.2) is 11.5 Å². The van der Waals surface area contributed by atoms with Crippen LogP contribution < -0.4 is 4.90 Å². The van der Waals surface area contributed by atoms with Gasteiger partial charge in [0.05, 0.1) is 6.10 Å². The minimum atomic E-state index is 0.288. The Morgan fingerprint density at radius 2 is 2.00 bits per heavy atom. The van der Waals surface area contributed by atoms with Crippen LogP contribution in [0.4, 0.5) is 5.82 Å². The highest BCUT2D eigenvalue weighted by Gasteiger charge is 2.22. The van der Waals surface area contributed by atoms with Gasteiger partial charge >= 0.3 is 0 Å². The first-order valence-electron chi connectivity index (χ1n) is 8.49. The first-order valence-corrected chi connectivity index (χ1v) is 8.49. The van der Waals surface area contributed by atoms with Gasteiger partial charge in [0.1, 0.15) is 5.82 Å². The lowest BCUT2D eigenvalue weighted by molar-refractivity contribution is 0.0525. The molecule has 2 aromatic heterocycles. The Bertz CT molecular complexity index is 815. The first-order chi connectivity index (χ1) is 11.8. The average Bonchev–Trinajstić information content (AvgIpc) is 3.06. The third-order valence-electron chi connectivity index (χ3n) is 4.39. The molecule has 3 heterocycles. The van der Waals surface area contributed by atoms with E-state index >= 15 is 0 Å². The van der Waals surface area contributed by atoms with Gasteiger partial charge in [-0.2, -0.15) is 4.52 Å². The zero-order chi connectivity index (χ0) is 16.4. The number of aromatic nitrogens is 4. The molecule has 0 saturated carbocycles. The van der Waals surface area contributed by atoms with Gasteiger partial charge in [-0.15, -0.1) is 15.3 Å². The summed E-state index contributed by atoms with van der Waals surface area (Å²) in [6.07, 6.45) is 2.53. The van der Waals surface area contributed by atoms with Crippen LogP contribution in [0.25, 0.3) is 17.0 Å². The van der Waals surface area contributed by atoms with Crippen LogP contribution in [0.1, 0.15) is 19.8 Å². The van der Waals surface area contributed by atoms with Gasteiger partial charge in [-0.1, -0.05) is 30.3 Å². The minimum absolute atomic E-state index is 0.288. The molecule has 0 radical (unpaired) electrons. The number of piperidine rings is 1. The zero-order valence-corrected chi connectivity index (χ0v) is 13.8. The maximum atomic E-state index is 5.80. The lowest BCUT2D eigenvalue weighted by Gasteiger charge is -2.33. The topological polar surface area (TPSA) is 55.5 Å². The first kappa shape index (κ1) is 15.1. The summed E-state index contributed by atoms with van der Waals surface area (Å²) in [5.74, 6) is 1.72. The summed E-state index contributed by atoms with van der Waals surface area (Å²) in [7, 11) is 0. The molecule has 124 valence electrons. The molecule has 1 fully saturated rings. The maximum Gasteiger partial charge on any atom is 0.185 e. The van der Waals surface area contributed by atoms with Crippen LogP contribution in [0.3, 0.4) is 0 Å². The third kappa shape index (κ3) is 2.85. The van der Waals surface area contributed by atoms with Crippen molar-refractivity contribution >= 4 is 11.5 Å². The quantitative estimate of drug-likeness (QED) is 0.739. The summed E-state index contributed by atoms with van der Waals surface area (Å²) in [5.41, 5.74) is 1.77. The molecule has 1 aliphatic heterocycles. The Labute approximate surface area is 141 Å². The fourth-order valence-corrected chi connectivity index (χ4v) is 3.23. The van der Waals surface area contributed by atoms with Crippen LogP contribution in [0.5, 0.6) is 0 Å². The number of hydrogen-bond donors (Lipinski definition) is 0. The highest BCUT2D eigenvalue weighted by atomic mass is 16.5. The van der Waals surface area contributed by atoms with Crippen LogP contribution in [0, 0.1) is 0 Å². The summed E-state index contributed by atoms with van der Waals surface area (Å²) in [4.78, 5) is 2.29. The molecule has 0 N–H and O–H groups in total. The van der Waals surface area contributed by atoms with E-state index in [1.807, 2.05) is 53.9 Å². The molecule has 1 saturated heterocycles. The standard InChI is InChI=1S/C18H21N5O/c1-2-24-15-9-6-12-22(13-15)17-11-10-16-19-20-18(23(16)21-17)14-7-4-3-5-8-14/h3-5,7-8,10-11,15H,2,6,9,12-13H2,1H3. The second kappa shape index (κ2) is 6.57. The summed E-state index contributed by atoms with van der Waals surface area (Å²) >= 11 is 0. The molecular weight excluding hydrogens is 302 g/mol. The van der Waals surface area contributed by atoms with Crippen molar-refractivity contribution in [3.63, 3.8) is 0 Å². The van der Waals surface area contributed by atoms with Crippen LogP contribution in [-0.4, -0.2) is 45.6 Å². The highest BCUT2D eigenvalue weighted by Crippen LogP contribution is 2.22. The van der Waals surface area contributed by atoms with E-state index in [-0.39, 0.29) is 6.10 Å². The molecule has 1 aromatic carbocycles. The van der Waals surface area contributed by atoms with Crippen molar-refractivity contribution in [1.82, 2.24) is 19.8 Å². The normalized spacial score (nSPS) is 18.2. The molecular formula is C18H21N5O. The smallest absolute Gasteiger partial charge is 0.185 e. The Morgan fingerprint density at radius 1 is 1.12 bits per heavy atom. The summed E-state index contributed by atoms with van der Waals surface area (Å²) in [5, 5.41) is 13.3.